The van der Waals surface area contributed by atoms with Crippen LogP contribution >= 0.6 is 0 Å². The van der Waals surface area contributed by atoms with Gasteiger partial charge >= 0.3 is 0 Å². The van der Waals surface area contributed by atoms with Gasteiger partial charge in [-0.2, -0.15) is 4.98 Å². The lowest BCUT2D eigenvalue weighted by molar-refractivity contribution is 0.164. The molecule has 0 atom stereocenters. The topological polar surface area (TPSA) is 47.0 Å². The van der Waals surface area contributed by atoms with Gasteiger partial charge in [0, 0.05) is 19.0 Å². The van der Waals surface area contributed by atoms with E-state index in [0.29, 0.717) is 5.88 Å². The van der Waals surface area contributed by atoms with Crippen LogP contribution in [0.15, 0.2) is 6.07 Å². The van der Waals surface area contributed by atoms with Gasteiger partial charge < -0.3 is 10.1 Å². The Kier molecular flexibility index (Phi) is 3.95. The summed E-state index contributed by atoms with van der Waals surface area (Å²) in [7, 11) is 1.81. The molecule has 1 aromatic rings. The van der Waals surface area contributed by atoms with Crippen molar-refractivity contribution in [1.29, 1.82) is 0 Å². The molecule has 0 radical (unpaired) electrons. The van der Waals surface area contributed by atoms with E-state index < -0.39 is 5.60 Å². The van der Waals surface area contributed by atoms with Crippen LogP contribution in [0, 0.1) is 12.3 Å². The Hall–Kier alpha value is -1.76. The summed E-state index contributed by atoms with van der Waals surface area (Å²) in [5.41, 5.74) is -0.673. The normalized spacial score (nSPS) is 11.1. The van der Waals surface area contributed by atoms with Crippen LogP contribution in [-0.4, -0.2) is 22.6 Å². The molecule has 0 aliphatic carbocycles. The van der Waals surface area contributed by atoms with E-state index in [4.69, 9.17) is 11.2 Å². The highest BCUT2D eigenvalue weighted by atomic mass is 16.5. The zero-order chi connectivity index (χ0) is 13.1. The lowest BCUT2D eigenvalue weighted by Crippen LogP contribution is -2.26. The monoisotopic (exact) mass is 233 g/mol. The Morgan fingerprint density at radius 3 is 2.53 bits per heavy atom. The van der Waals surface area contributed by atoms with Crippen molar-refractivity contribution in [2.75, 3.05) is 12.4 Å². The highest BCUT2D eigenvalue weighted by molar-refractivity contribution is 5.38. The summed E-state index contributed by atoms with van der Waals surface area (Å²) in [6.45, 7) is 7.71. The molecule has 0 fully saturated rings. The van der Waals surface area contributed by atoms with Crippen molar-refractivity contribution in [3.05, 3.63) is 11.9 Å². The van der Waals surface area contributed by atoms with E-state index in [1.54, 1.807) is 6.07 Å². The molecule has 0 aromatic carbocycles. The Labute approximate surface area is 103 Å². The number of hydrogen-bond donors (Lipinski definition) is 1. The standard InChI is InChI=1S/C13H19N3O/c1-7-13(4,5)17-11-8-10(14-6)15-12(16-11)9(2)3/h1,8-9H,2-6H3,(H,14,15,16). The minimum Gasteiger partial charge on any atom is -0.458 e. The summed E-state index contributed by atoms with van der Waals surface area (Å²) in [5, 5.41) is 2.98. The van der Waals surface area contributed by atoms with Crippen LogP contribution in [0.25, 0.3) is 0 Å². The number of hydrogen-bond acceptors (Lipinski definition) is 4. The molecule has 1 heterocycles. The maximum absolute atomic E-state index is 5.66. The molecule has 1 rings (SSSR count). The number of aromatic nitrogens is 2. The van der Waals surface area contributed by atoms with Crippen LogP contribution in [-0.2, 0) is 0 Å². The van der Waals surface area contributed by atoms with Crippen LogP contribution in [0.2, 0.25) is 0 Å². The quantitative estimate of drug-likeness (QED) is 0.811. The Bertz CT molecular complexity index is 433. The maximum atomic E-state index is 5.66. The van der Waals surface area contributed by atoms with Gasteiger partial charge in [-0.1, -0.05) is 19.8 Å². The number of rotatable bonds is 4. The molecule has 0 saturated carbocycles. The van der Waals surface area contributed by atoms with Gasteiger partial charge in [0.2, 0.25) is 5.88 Å². The summed E-state index contributed by atoms with van der Waals surface area (Å²) in [4.78, 5) is 8.70. The van der Waals surface area contributed by atoms with E-state index in [1.165, 1.54) is 0 Å². The van der Waals surface area contributed by atoms with Gasteiger partial charge in [-0.3, -0.25) is 0 Å². The summed E-state index contributed by atoms with van der Waals surface area (Å²) < 4.78 is 5.66. The lowest BCUT2D eigenvalue weighted by Gasteiger charge is -2.20. The smallest absolute Gasteiger partial charge is 0.220 e. The van der Waals surface area contributed by atoms with Gasteiger partial charge in [0.1, 0.15) is 11.6 Å². The van der Waals surface area contributed by atoms with Crippen LogP contribution in [0.4, 0.5) is 5.82 Å². The summed E-state index contributed by atoms with van der Waals surface area (Å²) in [6.07, 6.45) is 5.39. The molecular weight excluding hydrogens is 214 g/mol. The van der Waals surface area contributed by atoms with Crippen molar-refractivity contribution in [3.8, 4) is 18.2 Å². The van der Waals surface area contributed by atoms with E-state index in [0.717, 1.165) is 11.6 Å². The molecule has 0 aliphatic rings. The van der Waals surface area contributed by atoms with Crippen molar-refractivity contribution in [2.45, 2.75) is 39.2 Å². The van der Waals surface area contributed by atoms with Gasteiger partial charge in [0.05, 0.1) is 0 Å². The van der Waals surface area contributed by atoms with Crippen molar-refractivity contribution < 1.29 is 4.74 Å². The first-order chi connectivity index (χ1) is 7.88. The molecule has 1 aromatic heterocycles. The summed E-state index contributed by atoms with van der Waals surface area (Å²) >= 11 is 0. The third kappa shape index (κ3) is 3.63. The fourth-order valence-electron chi connectivity index (χ4n) is 1.17. The van der Waals surface area contributed by atoms with Crippen molar-refractivity contribution in [3.63, 3.8) is 0 Å². The fraction of sp³-hybridized carbons (Fsp3) is 0.538. The third-order valence-electron chi connectivity index (χ3n) is 2.20. The van der Waals surface area contributed by atoms with Gasteiger partial charge in [0.25, 0.3) is 0 Å². The molecule has 92 valence electrons. The summed E-state index contributed by atoms with van der Waals surface area (Å²) in [6, 6.07) is 1.74. The summed E-state index contributed by atoms with van der Waals surface area (Å²) in [5.74, 6) is 4.77. The van der Waals surface area contributed by atoms with Gasteiger partial charge in [-0.05, 0) is 13.8 Å². The molecule has 4 heteroatoms. The highest BCUT2D eigenvalue weighted by Crippen LogP contribution is 2.21. The van der Waals surface area contributed by atoms with E-state index in [2.05, 4.69) is 21.2 Å². The van der Waals surface area contributed by atoms with E-state index >= 15 is 0 Å². The molecule has 0 spiro atoms. The average molecular weight is 233 g/mol. The molecule has 0 aliphatic heterocycles. The third-order valence-corrected chi connectivity index (χ3v) is 2.20. The largest absolute Gasteiger partial charge is 0.458 e. The molecule has 0 saturated heterocycles. The first-order valence-electron chi connectivity index (χ1n) is 5.61. The minimum atomic E-state index is -0.673. The molecule has 4 nitrogen and oxygen atoms in total. The first kappa shape index (κ1) is 13.3. The lowest BCUT2D eigenvalue weighted by atomic mass is 10.1. The van der Waals surface area contributed by atoms with Gasteiger partial charge in [0.15, 0.2) is 5.60 Å². The predicted octanol–water partition coefficient (Wildman–Crippen LogP) is 2.43. The number of nitrogens with one attached hydrogen (secondary N) is 1. The number of nitrogens with zero attached hydrogens (tertiary/aromatic N) is 2. The number of ether oxygens (including phenoxy) is 1. The molecule has 17 heavy (non-hydrogen) atoms. The number of terminal acetylenes is 1. The second-order valence-corrected chi connectivity index (χ2v) is 4.61. The molecule has 0 unspecified atom stereocenters. The fourth-order valence-corrected chi connectivity index (χ4v) is 1.17. The van der Waals surface area contributed by atoms with Gasteiger partial charge in [-0.15, -0.1) is 6.42 Å². The SMILES string of the molecule is C#CC(C)(C)Oc1cc(NC)nc(C(C)C)n1. The van der Waals surface area contributed by atoms with Gasteiger partial charge in [-0.25, -0.2) is 4.98 Å². The highest BCUT2D eigenvalue weighted by Gasteiger charge is 2.18. The Morgan fingerprint density at radius 1 is 1.41 bits per heavy atom. The second kappa shape index (κ2) is 5.05. The van der Waals surface area contributed by atoms with Crippen LogP contribution in [0.1, 0.15) is 39.4 Å². The molecular formula is C13H19N3O. The molecule has 1 N–H and O–H groups in total. The van der Waals surface area contributed by atoms with E-state index in [1.807, 2.05) is 34.7 Å². The van der Waals surface area contributed by atoms with Crippen molar-refractivity contribution >= 4 is 5.82 Å². The first-order valence-corrected chi connectivity index (χ1v) is 5.61. The van der Waals surface area contributed by atoms with E-state index in [9.17, 15) is 0 Å². The predicted molar refractivity (Wildman–Crippen MR) is 69.2 cm³/mol. The number of anilines is 1. The average Bonchev–Trinajstić information content (AvgIpc) is 2.28. The molecule has 0 bridgehead atoms. The van der Waals surface area contributed by atoms with Crippen LogP contribution in [0.5, 0.6) is 5.88 Å². The zero-order valence-corrected chi connectivity index (χ0v) is 11.0. The van der Waals surface area contributed by atoms with Crippen molar-refractivity contribution in [1.82, 2.24) is 9.97 Å². The molecule has 0 amide bonds. The van der Waals surface area contributed by atoms with Crippen LogP contribution < -0.4 is 10.1 Å². The van der Waals surface area contributed by atoms with Crippen molar-refractivity contribution in [2.24, 2.45) is 0 Å². The Balaban J connectivity index is 3.08. The Morgan fingerprint density at radius 2 is 2.06 bits per heavy atom. The second-order valence-electron chi connectivity index (χ2n) is 4.61. The van der Waals surface area contributed by atoms with Crippen LogP contribution in [0.3, 0.4) is 0 Å². The minimum absolute atomic E-state index is 0.236. The zero-order valence-electron chi connectivity index (χ0n) is 11.0. The maximum Gasteiger partial charge on any atom is 0.220 e. The van der Waals surface area contributed by atoms with E-state index in [-0.39, 0.29) is 5.92 Å².